The van der Waals surface area contributed by atoms with Crippen molar-refractivity contribution >= 4 is 17.0 Å². The van der Waals surface area contributed by atoms with Gasteiger partial charge in [-0.3, -0.25) is 4.98 Å². The zero-order valence-corrected chi connectivity index (χ0v) is 14.6. The molecule has 0 aliphatic rings. The number of pyridine rings is 1. The summed E-state index contributed by atoms with van der Waals surface area (Å²) in [4.78, 5) is 12.4. The fraction of sp³-hybridized carbons (Fsp3) is 0.143. The van der Waals surface area contributed by atoms with E-state index in [4.69, 9.17) is 0 Å². The van der Waals surface area contributed by atoms with Gasteiger partial charge in [0.2, 0.25) is 5.95 Å². The van der Waals surface area contributed by atoms with E-state index in [9.17, 15) is 4.39 Å². The summed E-state index contributed by atoms with van der Waals surface area (Å²) in [6.07, 6.45) is 1.81. The molecule has 2 aromatic heterocycles. The van der Waals surface area contributed by atoms with Crippen LogP contribution < -0.4 is 5.32 Å². The second-order valence-electron chi connectivity index (χ2n) is 6.56. The van der Waals surface area contributed by atoms with Gasteiger partial charge in [0.25, 0.3) is 0 Å². The van der Waals surface area contributed by atoms with Crippen LogP contribution in [0.1, 0.15) is 13.8 Å². The molecule has 0 aliphatic heterocycles. The highest BCUT2D eigenvalue weighted by Crippen LogP contribution is 2.25. The summed E-state index contributed by atoms with van der Waals surface area (Å²) in [6.45, 7) is 4.15. The van der Waals surface area contributed by atoms with Crippen molar-refractivity contribution in [2.75, 3.05) is 5.32 Å². The number of imidazole rings is 1. The van der Waals surface area contributed by atoms with Crippen molar-refractivity contribution < 1.29 is 4.39 Å². The van der Waals surface area contributed by atoms with Crippen molar-refractivity contribution in [3.8, 4) is 22.4 Å². The highest BCUT2D eigenvalue weighted by atomic mass is 19.1. The molecule has 26 heavy (non-hydrogen) atoms. The van der Waals surface area contributed by atoms with Crippen LogP contribution in [0.25, 0.3) is 33.4 Å². The molecular weight excluding hydrogens is 327 g/mol. The molecule has 0 unspecified atom stereocenters. The summed E-state index contributed by atoms with van der Waals surface area (Å²) in [5.41, 5.74) is 5.66. The lowest BCUT2D eigenvalue weighted by molar-refractivity contribution is 0.628. The van der Waals surface area contributed by atoms with Crippen LogP contribution in [0.4, 0.5) is 10.3 Å². The number of halogens is 1. The monoisotopic (exact) mass is 346 g/mol. The Hall–Kier alpha value is -3.21. The summed E-state index contributed by atoms with van der Waals surface area (Å²) >= 11 is 0. The lowest BCUT2D eigenvalue weighted by Crippen LogP contribution is -2.10. The molecule has 4 rings (SSSR count). The zero-order chi connectivity index (χ0) is 18.1. The highest BCUT2D eigenvalue weighted by molar-refractivity contribution is 5.83. The Morgan fingerprint density at radius 3 is 2.35 bits per heavy atom. The molecule has 2 N–H and O–H groups in total. The number of aromatic amines is 1. The third-order valence-corrected chi connectivity index (χ3v) is 4.15. The van der Waals surface area contributed by atoms with Crippen LogP contribution in [0.5, 0.6) is 0 Å². The molecule has 0 fully saturated rings. The predicted octanol–water partition coefficient (Wildman–Crippen LogP) is 5.25. The SMILES string of the molecule is CC(C)Nc1nc2cc(-c3ccc(-c4ccc(F)cc4)cn3)ccc2[nH]1. The van der Waals surface area contributed by atoms with Crippen LogP contribution in [-0.4, -0.2) is 21.0 Å². The molecule has 0 radical (unpaired) electrons. The summed E-state index contributed by atoms with van der Waals surface area (Å²) in [6, 6.07) is 16.8. The van der Waals surface area contributed by atoms with E-state index >= 15 is 0 Å². The second-order valence-corrected chi connectivity index (χ2v) is 6.56. The van der Waals surface area contributed by atoms with Gasteiger partial charge in [0, 0.05) is 23.4 Å². The number of nitrogens with one attached hydrogen (secondary N) is 2. The average molecular weight is 346 g/mol. The summed E-state index contributed by atoms with van der Waals surface area (Å²) < 4.78 is 13.1. The van der Waals surface area contributed by atoms with Crippen LogP contribution in [-0.2, 0) is 0 Å². The molecule has 0 saturated heterocycles. The minimum absolute atomic E-state index is 0.239. The van der Waals surface area contributed by atoms with Crippen LogP contribution in [0.15, 0.2) is 60.8 Å². The van der Waals surface area contributed by atoms with Gasteiger partial charge in [-0.15, -0.1) is 0 Å². The highest BCUT2D eigenvalue weighted by Gasteiger charge is 2.07. The van der Waals surface area contributed by atoms with Gasteiger partial charge in [-0.25, -0.2) is 9.37 Å². The summed E-state index contributed by atoms with van der Waals surface area (Å²) in [7, 11) is 0. The Bertz CT molecular complexity index is 1030. The van der Waals surface area contributed by atoms with E-state index in [1.165, 1.54) is 12.1 Å². The number of nitrogens with zero attached hydrogens (tertiary/aromatic N) is 2. The maximum Gasteiger partial charge on any atom is 0.201 e. The van der Waals surface area contributed by atoms with E-state index in [0.29, 0.717) is 6.04 Å². The number of rotatable bonds is 4. The molecular formula is C21H19FN4. The molecule has 2 aromatic carbocycles. The smallest absolute Gasteiger partial charge is 0.201 e. The van der Waals surface area contributed by atoms with Crippen molar-refractivity contribution in [2.24, 2.45) is 0 Å². The van der Waals surface area contributed by atoms with Crippen LogP contribution in [0.3, 0.4) is 0 Å². The molecule has 0 bridgehead atoms. The Balaban J connectivity index is 1.63. The maximum atomic E-state index is 13.1. The van der Waals surface area contributed by atoms with E-state index in [1.54, 1.807) is 12.1 Å². The van der Waals surface area contributed by atoms with Gasteiger partial charge in [0.15, 0.2) is 0 Å². The third kappa shape index (κ3) is 3.28. The van der Waals surface area contributed by atoms with Crippen molar-refractivity contribution in [1.29, 1.82) is 0 Å². The minimum Gasteiger partial charge on any atom is -0.354 e. The van der Waals surface area contributed by atoms with Gasteiger partial charge in [-0.05, 0) is 49.7 Å². The van der Waals surface area contributed by atoms with Crippen LogP contribution in [0.2, 0.25) is 0 Å². The Labute approximate surface area is 151 Å². The molecule has 0 atom stereocenters. The average Bonchev–Trinajstić information content (AvgIpc) is 3.03. The van der Waals surface area contributed by atoms with Crippen LogP contribution in [0, 0.1) is 5.82 Å². The summed E-state index contributed by atoms with van der Waals surface area (Å²) in [5.74, 6) is 0.531. The first-order valence-electron chi connectivity index (χ1n) is 8.57. The standard InChI is InChI=1S/C21H19FN4/c1-13(2)24-21-25-19-10-5-15(11-20(19)26-21)18-9-6-16(12-23-18)14-3-7-17(22)8-4-14/h3-13H,1-2H3,(H2,24,25,26). The first-order chi connectivity index (χ1) is 12.6. The van der Waals surface area contributed by atoms with Gasteiger partial charge in [-0.1, -0.05) is 24.3 Å². The predicted molar refractivity (Wildman–Crippen MR) is 103 cm³/mol. The van der Waals surface area contributed by atoms with Gasteiger partial charge >= 0.3 is 0 Å². The van der Waals surface area contributed by atoms with E-state index < -0.39 is 0 Å². The third-order valence-electron chi connectivity index (χ3n) is 4.15. The number of hydrogen-bond acceptors (Lipinski definition) is 3. The van der Waals surface area contributed by atoms with Gasteiger partial charge in [-0.2, -0.15) is 0 Å². The lowest BCUT2D eigenvalue weighted by atomic mass is 10.1. The van der Waals surface area contributed by atoms with Crippen molar-refractivity contribution in [3.63, 3.8) is 0 Å². The Morgan fingerprint density at radius 2 is 1.65 bits per heavy atom. The quantitative estimate of drug-likeness (QED) is 0.530. The van der Waals surface area contributed by atoms with Crippen molar-refractivity contribution in [2.45, 2.75) is 19.9 Å². The second kappa shape index (κ2) is 6.59. The van der Waals surface area contributed by atoms with Crippen molar-refractivity contribution in [3.05, 3.63) is 66.6 Å². The molecule has 0 saturated carbocycles. The van der Waals surface area contributed by atoms with Gasteiger partial charge in [0.1, 0.15) is 5.82 Å². The first-order valence-corrected chi connectivity index (χ1v) is 8.57. The zero-order valence-electron chi connectivity index (χ0n) is 14.6. The minimum atomic E-state index is -0.239. The molecule has 2 heterocycles. The summed E-state index contributed by atoms with van der Waals surface area (Å²) in [5, 5.41) is 3.27. The number of fused-ring (bicyclic) bond motifs is 1. The number of anilines is 1. The molecule has 4 aromatic rings. The normalized spacial score (nSPS) is 11.2. The van der Waals surface area contributed by atoms with E-state index in [0.717, 1.165) is 39.4 Å². The number of benzene rings is 2. The maximum absolute atomic E-state index is 13.1. The number of hydrogen-bond donors (Lipinski definition) is 2. The molecule has 0 amide bonds. The van der Waals surface area contributed by atoms with Gasteiger partial charge in [0.05, 0.1) is 16.7 Å². The molecule has 4 nitrogen and oxygen atoms in total. The topological polar surface area (TPSA) is 53.6 Å². The van der Waals surface area contributed by atoms with E-state index in [1.807, 2.05) is 36.5 Å². The number of H-pyrrole nitrogens is 1. The molecule has 0 aliphatic carbocycles. The van der Waals surface area contributed by atoms with E-state index in [-0.39, 0.29) is 5.82 Å². The number of aromatic nitrogens is 3. The fourth-order valence-corrected chi connectivity index (χ4v) is 2.88. The Morgan fingerprint density at radius 1 is 0.923 bits per heavy atom. The fourth-order valence-electron chi connectivity index (χ4n) is 2.88. The molecule has 5 heteroatoms. The molecule has 130 valence electrons. The Kier molecular flexibility index (Phi) is 4.13. The van der Waals surface area contributed by atoms with Crippen molar-refractivity contribution in [1.82, 2.24) is 15.0 Å². The first kappa shape index (κ1) is 16.3. The largest absolute Gasteiger partial charge is 0.354 e. The van der Waals surface area contributed by atoms with Crippen LogP contribution >= 0.6 is 0 Å². The van der Waals surface area contributed by atoms with Gasteiger partial charge < -0.3 is 10.3 Å². The van der Waals surface area contributed by atoms with E-state index in [2.05, 4.69) is 34.1 Å². The lowest BCUT2D eigenvalue weighted by Gasteiger charge is -2.04. The molecule has 0 spiro atoms.